The Morgan fingerprint density at radius 1 is 1.42 bits per heavy atom. The van der Waals surface area contributed by atoms with Crippen LogP contribution >= 0.6 is 0 Å². The normalized spacial score (nSPS) is 12.0. The van der Waals surface area contributed by atoms with E-state index in [0.29, 0.717) is 24.7 Å². The molecule has 5 nitrogen and oxygen atoms in total. The van der Waals surface area contributed by atoms with Crippen molar-refractivity contribution in [3.05, 3.63) is 23.8 Å². The number of ether oxygens (including phenoxy) is 2. The fourth-order valence-corrected chi connectivity index (χ4v) is 1.84. The molecule has 0 aliphatic rings. The molecular formula is C14H20N2O3. The summed E-state index contributed by atoms with van der Waals surface area (Å²) in [5.74, 6) is 1.27. The summed E-state index contributed by atoms with van der Waals surface area (Å²) in [7, 11) is 3.37. The molecule has 0 radical (unpaired) electrons. The molecule has 0 fully saturated rings. The van der Waals surface area contributed by atoms with Gasteiger partial charge in [0.05, 0.1) is 26.4 Å². The molecule has 1 N–H and O–H groups in total. The van der Waals surface area contributed by atoms with E-state index in [1.807, 2.05) is 13.0 Å². The average Bonchev–Trinajstić information content (AvgIpc) is 2.41. The number of aliphatic hydroxyl groups excluding tert-OH is 1. The molecule has 1 atom stereocenters. The third-order valence-electron chi connectivity index (χ3n) is 2.82. The molecule has 1 aromatic carbocycles. The molecule has 0 aliphatic carbocycles. The summed E-state index contributed by atoms with van der Waals surface area (Å²) in [5.41, 5.74) is 0.818. The van der Waals surface area contributed by atoms with Crippen LogP contribution in [-0.2, 0) is 0 Å². The molecule has 1 rings (SSSR count). The Hall–Kier alpha value is -1.77. The van der Waals surface area contributed by atoms with Gasteiger partial charge in [-0.15, -0.1) is 0 Å². The molecule has 0 bridgehead atoms. The van der Waals surface area contributed by atoms with Crippen LogP contribution in [0.2, 0.25) is 0 Å². The van der Waals surface area contributed by atoms with Crippen LogP contribution in [0.1, 0.15) is 18.5 Å². The predicted octanol–water partition coefficient (Wildman–Crippen LogP) is 1.58. The van der Waals surface area contributed by atoms with Gasteiger partial charge in [0.2, 0.25) is 0 Å². The van der Waals surface area contributed by atoms with Gasteiger partial charge in [0.15, 0.2) is 11.5 Å². The van der Waals surface area contributed by atoms with Crippen molar-refractivity contribution >= 4 is 0 Å². The molecule has 0 aliphatic heterocycles. The lowest BCUT2D eigenvalue weighted by molar-refractivity contribution is 0.202. The Balaban J connectivity index is 3.02. The second-order valence-electron chi connectivity index (χ2n) is 4.08. The summed E-state index contributed by atoms with van der Waals surface area (Å²) in [6.45, 7) is 2.92. The standard InChI is InChI=1S/C14H20N2O3/c1-4-19-13-6-5-11(9-14(13)18-3)12(10-15)16(2)7-8-17/h5-6,9,12,17H,4,7-8H2,1-3H3. The maximum atomic E-state index is 9.27. The number of likely N-dealkylation sites (N-methyl/N-ethyl adjacent to an activating group) is 1. The Bertz CT molecular complexity index is 443. The minimum atomic E-state index is -0.420. The van der Waals surface area contributed by atoms with Gasteiger partial charge in [-0.05, 0) is 31.7 Å². The van der Waals surface area contributed by atoms with Gasteiger partial charge in [0.1, 0.15) is 6.04 Å². The highest BCUT2D eigenvalue weighted by molar-refractivity contribution is 5.44. The number of nitriles is 1. The summed E-state index contributed by atoms with van der Waals surface area (Å²) in [5, 5.41) is 18.2. The van der Waals surface area contributed by atoms with Crippen molar-refractivity contribution in [2.45, 2.75) is 13.0 Å². The minimum absolute atomic E-state index is 0.0167. The zero-order chi connectivity index (χ0) is 14.3. The summed E-state index contributed by atoms with van der Waals surface area (Å²) >= 11 is 0. The van der Waals surface area contributed by atoms with E-state index < -0.39 is 6.04 Å². The van der Waals surface area contributed by atoms with Crippen molar-refractivity contribution < 1.29 is 14.6 Å². The van der Waals surface area contributed by atoms with E-state index in [4.69, 9.17) is 14.6 Å². The molecule has 0 saturated carbocycles. The molecule has 5 heteroatoms. The van der Waals surface area contributed by atoms with Crippen LogP contribution in [0, 0.1) is 11.3 Å². The van der Waals surface area contributed by atoms with Crippen LogP contribution in [0.25, 0.3) is 0 Å². The monoisotopic (exact) mass is 264 g/mol. The second kappa shape index (κ2) is 7.62. The van der Waals surface area contributed by atoms with E-state index in [1.165, 1.54) is 0 Å². The summed E-state index contributed by atoms with van der Waals surface area (Å²) in [6, 6.07) is 7.25. The maximum Gasteiger partial charge on any atom is 0.161 e. The first-order valence-electron chi connectivity index (χ1n) is 6.19. The number of nitrogens with zero attached hydrogens (tertiary/aromatic N) is 2. The first-order chi connectivity index (χ1) is 9.17. The maximum absolute atomic E-state index is 9.27. The van der Waals surface area contributed by atoms with E-state index in [0.717, 1.165) is 5.56 Å². The van der Waals surface area contributed by atoms with E-state index >= 15 is 0 Å². The van der Waals surface area contributed by atoms with Crippen molar-refractivity contribution in [3.8, 4) is 17.6 Å². The molecule has 0 amide bonds. The molecule has 1 unspecified atom stereocenters. The van der Waals surface area contributed by atoms with Gasteiger partial charge in [-0.1, -0.05) is 6.07 Å². The first-order valence-corrected chi connectivity index (χ1v) is 6.19. The van der Waals surface area contributed by atoms with Crippen LogP contribution < -0.4 is 9.47 Å². The van der Waals surface area contributed by atoms with Gasteiger partial charge in [-0.2, -0.15) is 5.26 Å². The molecule has 0 heterocycles. The summed E-state index contributed by atoms with van der Waals surface area (Å²) in [6.07, 6.45) is 0. The fourth-order valence-electron chi connectivity index (χ4n) is 1.84. The number of rotatable bonds is 7. The van der Waals surface area contributed by atoms with E-state index in [1.54, 1.807) is 31.2 Å². The summed E-state index contributed by atoms with van der Waals surface area (Å²) in [4.78, 5) is 1.79. The van der Waals surface area contributed by atoms with Gasteiger partial charge < -0.3 is 14.6 Å². The Labute approximate surface area is 114 Å². The second-order valence-corrected chi connectivity index (χ2v) is 4.08. The molecule has 1 aromatic rings. The van der Waals surface area contributed by atoms with Gasteiger partial charge in [0, 0.05) is 6.54 Å². The van der Waals surface area contributed by atoms with E-state index in [9.17, 15) is 5.26 Å². The van der Waals surface area contributed by atoms with E-state index in [-0.39, 0.29) is 6.61 Å². The molecular weight excluding hydrogens is 244 g/mol. The first kappa shape index (κ1) is 15.3. The van der Waals surface area contributed by atoms with Crippen LogP contribution in [-0.4, -0.2) is 43.9 Å². The third kappa shape index (κ3) is 3.85. The lowest BCUT2D eigenvalue weighted by Crippen LogP contribution is -2.26. The number of methoxy groups -OCH3 is 1. The Morgan fingerprint density at radius 3 is 2.68 bits per heavy atom. The SMILES string of the molecule is CCOc1ccc(C(C#N)N(C)CCO)cc1OC. The fraction of sp³-hybridized carbons (Fsp3) is 0.500. The lowest BCUT2D eigenvalue weighted by atomic mass is 10.1. The zero-order valence-electron chi connectivity index (χ0n) is 11.6. The molecule has 0 aromatic heterocycles. The van der Waals surface area contributed by atoms with Gasteiger partial charge in [0.25, 0.3) is 0 Å². The number of hydrogen-bond acceptors (Lipinski definition) is 5. The van der Waals surface area contributed by atoms with Crippen LogP contribution in [0.15, 0.2) is 18.2 Å². The van der Waals surface area contributed by atoms with Gasteiger partial charge >= 0.3 is 0 Å². The van der Waals surface area contributed by atoms with Crippen LogP contribution in [0.3, 0.4) is 0 Å². The summed E-state index contributed by atoms with van der Waals surface area (Å²) < 4.78 is 10.7. The highest BCUT2D eigenvalue weighted by Crippen LogP contribution is 2.31. The third-order valence-corrected chi connectivity index (χ3v) is 2.82. The van der Waals surface area contributed by atoms with Crippen molar-refractivity contribution in [2.24, 2.45) is 0 Å². The minimum Gasteiger partial charge on any atom is -0.493 e. The molecule has 0 spiro atoms. The largest absolute Gasteiger partial charge is 0.493 e. The van der Waals surface area contributed by atoms with Crippen LogP contribution in [0.4, 0.5) is 0 Å². The van der Waals surface area contributed by atoms with Crippen molar-refractivity contribution in [3.63, 3.8) is 0 Å². The van der Waals surface area contributed by atoms with Crippen molar-refractivity contribution in [2.75, 3.05) is 33.9 Å². The smallest absolute Gasteiger partial charge is 0.161 e. The number of hydrogen-bond donors (Lipinski definition) is 1. The Kier molecular flexibility index (Phi) is 6.13. The molecule has 104 valence electrons. The Morgan fingerprint density at radius 2 is 2.16 bits per heavy atom. The van der Waals surface area contributed by atoms with Crippen molar-refractivity contribution in [1.29, 1.82) is 5.26 Å². The average molecular weight is 264 g/mol. The van der Waals surface area contributed by atoms with Gasteiger partial charge in [-0.3, -0.25) is 4.90 Å². The predicted molar refractivity (Wildman–Crippen MR) is 72.2 cm³/mol. The van der Waals surface area contributed by atoms with Gasteiger partial charge in [-0.25, -0.2) is 0 Å². The molecule has 19 heavy (non-hydrogen) atoms. The zero-order valence-corrected chi connectivity index (χ0v) is 11.6. The van der Waals surface area contributed by atoms with Crippen molar-refractivity contribution in [1.82, 2.24) is 4.90 Å². The van der Waals surface area contributed by atoms with E-state index in [2.05, 4.69) is 6.07 Å². The highest BCUT2D eigenvalue weighted by atomic mass is 16.5. The highest BCUT2D eigenvalue weighted by Gasteiger charge is 2.18. The lowest BCUT2D eigenvalue weighted by Gasteiger charge is -2.22. The topological polar surface area (TPSA) is 65.7 Å². The molecule has 0 saturated heterocycles. The number of benzene rings is 1. The quantitative estimate of drug-likeness (QED) is 0.810. The number of aliphatic hydroxyl groups is 1. The van der Waals surface area contributed by atoms with Crippen LogP contribution in [0.5, 0.6) is 11.5 Å².